The van der Waals surface area contributed by atoms with E-state index in [4.69, 9.17) is 0 Å². The number of hydrogen-bond acceptors (Lipinski definition) is 4. The van der Waals surface area contributed by atoms with E-state index in [1.807, 2.05) is 42.5 Å². The van der Waals surface area contributed by atoms with Crippen molar-refractivity contribution in [3.63, 3.8) is 0 Å². The summed E-state index contributed by atoms with van der Waals surface area (Å²) in [5.41, 5.74) is 2.60. The Morgan fingerprint density at radius 1 is 1.15 bits per heavy atom. The van der Waals surface area contributed by atoms with Gasteiger partial charge < -0.3 is 0 Å². The molecule has 0 unspecified atom stereocenters. The molecule has 20 heavy (non-hydrogen) atoms. The van der Waals surface area contributed by atoms with Gasteiger partial charge in [-0.05, 0) is 29.8 Å². The van der Waals surface area contributed by atoms with E-state index in [2.05, 4.69) is 9.97 Å². The van der Waals surface area contributed by atoms with Crippen LogP contribution in [0.3, 0.4) is 0 Å². The molecule has 0 spiro atoms. The molecule has 0 amide bonds. The number of thiazole rings is 1. The Kier molecular flexibility index (Phi) is 2.40. The fourth-order valence-corrected chi connectivity index (χ4v) is 3.21. The first kappa shape index (κ1) is 11.3. The highest BCUT2D eigenvalue weighted by Crippen LogP contribution is 2.15. The maximum absolute atomic E-state index is 12.5. The Hall–Kier alpha value is -2.53. The summed E-state index contributed by atoms with van der Waals surface area (Å²) in [4.78, 5) is 21.8. The third kappa shape index (κ3) is 1.64. The number of para-hydroxylation sites is 2. The summed E-state index contributed by atoms with van der Waals surface area (Å²) >= 11 is 1.40. The van der Waals surface area contributed by atoms with Gasteiger partial charge in [-0.2, -0.15) is 0 Å². The van der Waals surface area contributed by atoms with Gasteiger partial charge in [0.15, 0.2) is 4.96 Å². The molecular weight excluding hydrogens is 270 g/mol. The number of fused-ring (bicyclic) bond motifs is 3. The van der Waals surface area contributed by atoms with Crippen LogP contribution in [0.1, 0.15) is 5.56 Å². The summed E-state index contributed by atoms with van der Waals surface area (Å²) in [6.07, 6.45) is 5.30. The minimum Gasteiger partial charge on any atom is -0.267 e. The number of hydrogen-bond donors (Lipinski definition) is 0. The summed E-state index contributed by atoms with van der Waals surface area (Å²) in [5, 5.41) is 0. The zero-order valence-corrected chi connectivity index (χ0v) is 11.2. The van der Waals surface area contributed by atoms with E-state index in [0.29, 0.717) is 4.53 Å². The van der Waals surface area contributed by atoms with Gasteiger partial charge >= 0.3 is 0 Å². The van der Waals surface area contributed by atoms with E-state index in [-0.39, 0.29) is 5.56 Å². The number of benzene rings is 1. The second-order valence-electron chi connectivity index (χ2n) is 4.42. The lowest BCUT2D eigenvalue weighted by molar-refractivity contribution is 1.19. The highest BCUT2D eigenvalue weighted by molar-refractivity contribution is 7.15. The molecule has 0 aliphatic heterocycles. The second-order valence-corrected chi connectivity index (χ2v) is 5.43. The van der Waals surface area contributed by atoms with E-state index in [0.717, 1.165) is 21.6 Å². The van der Waals surface area contributed by atoms with Crippen molar-refractivity contribution < 1.29 is 0 Å². The molecule has 0 saturated carbocycles. The zero-order valence-electron chi connectivity index (χ0n) is 10.4. The summed E-state index contributed by atoms with van der Waals surface area (Å²) < 4.78 is 2.34. The average molecular weight is 279 g/mol. The molecule has 0 N–H and O–H groups in total. The van der Waals surface area contributed by atoms with Gasteiger partial charge in [-0.1, -0.05) is 29.5 Å². The lowest BCUT2D eigenvalue weighted by Crippen LogP contribution is -2.22. The van der Waals surface area contributed by atoms with Gasteiger partial charge in [0.05, 0.1) is 15.6 Å². The van der Waals surface area contributed by atoms with E-state index < -0.39 is 0 Å². The van der Waals surface area contributed by atoms with Crippen molar-refractivity contribution in [3.05, 3.63) is 69.2 Å². The number of imidazole rings is 1. The molecule has 3 aromatic heterocycles. The van der Waals surface area contributed by atoms with Crippen molar-refractivity contribution in [1.29, 1.82) is 0 Å². The highest BCUT2D eigenvalue weighted by Gasteiger charge is 2.10. The Bertz CT molecular complexity index is 1020. The van der Waals surface area contributed by atoms with Gasteiger partial charge in [0.25, 0.3) is 5.56 Å². The van der Waals surface area contributed by atoms with Crippen molar-refractivity contribution in [2.45, 2.75) is 0 Å². The topological polar surface area (TPSA) is 47.3 Å². The molecule has 0 saturated heterocycles. The quantitative estimate of drug-likeness (QED) is 0.534. The number of nitrogens with zero attached hydrogens (tertiary/aromatic N) is 3. The number of rotatable bonds is 1. The molecule has 0 fully saturated rings. The van der Waals surface area contributed by atoms with Gasteiger partial charge in [0, 0.05) is 12.4 Å². The summed E-state index contributed by atoms with van der Waals surface area (Å²) in [6.45, 7) is 0. The predicted octanol–water partition coefficient (Wildman–Crippen LogP) is 1.85. The van der Waals surface area contributed by atoms with Crippen LogP contribution >= 0.6 is 11.3 Å². The Morgan fingerprint density at radius 2 is 2.05 bits per heavy atom. The van der Waals surface area contributed by atoms with Crippen molar-refractivity contribution in [3.8, 4) is 0 Å². The molecule has 4 nitrogen and oxygen atoms in total. The minimum atomic E-state index is -0.0254. The molecule has 1 aromatic carbocycles. The molecule has 4 aromatic rings. The molecule has 0 bridgehead atoms. The van der Waals surface area contributed by atoms with E-state index >= 15 is 0 Å². The largest absolute Gasteiger partial charge is 0.274 e. The maximum Gasteiger partial charge on any atom is 0.274 e. The zero-order chi connectivity index (χ0) is 13.5. The van der Waals surface area contributed by atoms with Gasteiger partial charge in [-0.25, -0.2) is 9.38 Å². The molecule has 0 atom stereocenters. The third-order valence-corrected chi connectivity index (χ3v) is 4.10. The fourth-order valence-electron chi connectivity index (χ4n) is 2.22. The molecule has 4 rings (SSSR count). The van der Waals surface area contributed by atoms with E-state index in [9.17, 15) is 4.79 Å². The Balaban J connectivity index is 2.06. The first-order valence-corrected chi connectivity index (χ1v) is 6.96. The molecule has 0 aliphatic rings. The molecule has 0 aliphatic carbocycles. The number of pyridine rings is 1. The SMILES string of the molecule is O=c1c(=Cc2cccnc2)sc2nc3ccccc3n12. The summed E-state index contributed by atoms with van der Waals surface area (Å²) in [5.74, 6) is 0. The second kappa shape index (κ2) is 4.25. The van der Waals surface area contributed by atoms with Crippen molar-refractivity contribution in [2.24, 2.45) is 0 Å². The van der Waals surface area contributed by atoms with Crippen LogP contribution in [0.4, 0.5) is 0 Å². The molecular formula is C15H9N3OS. The van der Waals surface area contributed by atoms with Crippen LogP contribution in [0, 0.1) is 0 Å². The first-order chi connectivity index (χ1) is 9.83. The Labute approximate surface area is 117 Å². The average Bonchev–Trinajstić information content (AvgIpc) is 2.98. The fraction of sp³-hybridized carbons (Fsp3) is 0. The first-order valence-electron chi connectivity index (χ1n) is 6.15. The summed E-state index contributed by atoms with van der Waals surface area (Å²) in [7, 11) is 0. The van der Waals surface area contributed by atoms with Crippen LogP contribution in [0.25, 0.3) is 22.1 Å². The summed E-state index contributed by atoms with van der Waals surface area (Å²) in [6, 6.07) is 11.4. The van der Waals surface area contributed by atoms with E-state index in [1.165, 1.54) is 11.3 Å². The predicted molar refractivity (Wildman–Crippen MR) is 79.9 cm³/mol. The molecule has 3 heterocycles. The monoisotopic (exact) mass is 279 g/mol. The lowest BCUT2D eigenvalue weighted by atomic mass is 10.3. The normalized spacial score (nSPS) is 12.5. The minimum absolute atomic E-state index is 0.0254. The third-order valence-electron chi connectivity index (χ3n) is 3.13. The van der Waals surface area contributed by atoms with E-state index in [1.54, 1.807) is 16.8 Å². The highest BCUT2D eigenvalue weighted by atomic mass is 32.1. The van der Waals surface area contributed by atoms with Crippen LogP contribution < -0.4 is 10.1 Å². The van der Waals surface area contributed by atoms with Gasteiger partial charge in [-0.15, -0.1) is 0 Å². The van der Waals surface area contributed by atoms with Crippen LogP contribution in [-0.2, 0) is 0 Å². The lowest BCUT2D eigenvalue weighted by Gasteiger charge is -1.88. The van der Waals surface area contributed by atoms with Crippen molar-refractivity contribution in [2.75, 3.05) is 0 Å². The van der Waals surface area contributed by atoms with Crippen LogP contribution in [0.2, 0.25) is 0 Å². The van der Waals surface area contributed by atoms with Crippen LogP contribution in [0.5, 0.6) is 0 Å². The maximum atomic E-state index is 12.5. The van der Waals surface area contributed by atoms with Gasteiger partial charge in [0.1, 0.15) is 0 Å². The molecule has 0 radical (unpaired) electrons. The van der Waals surface area contributed by atoms with Crippen LogP contribution in [0.15, 0.2) is 53.6 Å². The smallest absolute Gasteiger partial charge is 0.267 e. The van der Waals surface area contributed by atoms with Gasteiger partial charge in [-0.3, -0.25) is 9.78 Å². The van der Waals surface area contributed by atoms with Crippen molar-refractivity contribution >= 4 is 33.4 Å². The molecule has 5 heteroatoms. The van der Waals surface area contributed by atoms with Crippen molar-refractivity contribution in [1.82, 2.24) is 14.4 Å². The molecule has 96 valence electrons. The van der Waals surface area contributed by atoms with Gasteiger partial charge in [0.2, 0.25) is 0 Å². The number of aromatic nitrogens is 3. The van der Waals surface area contributed by atoms with Crippen LogP contribution in [-0.4, -0.2) is 14.4 Å². The standard InChI is InChI=1S/C15H9N3OS/c19-14-13(8-10-4-3-7-16-9-10)20-15-17-11-5-1-2-6-12(11)18(14)15/h1-9H. The Morgan fingerprint density at radius 3 is 2.90 bits per heavy atom.